The minimum absolute atomic E-state index is 0.267. The van der Waals surface area contributed by atoms with Gasteiger partial charge in [-0.15, -0.1) is 0 Å². The van der Waals surface area contributed by atoms with Gasteiger partial charge in [-0.2, -0.15) is 0 Å². The van der Waals surface area contributed by atoms with Crippen LogP contribution < -0.4 is 0 Å². The highest BCUT2D eigenvalue weighted by molar-refractivity contribution is 6.31. The first-order chi connectivity index (χ1) is 17.8. The molecule has 0 bridgehead atoms. The molecule has 2 atom stereocenters. The minimum Gasteiger partial charge on any atom is -0.293 e. The molecule has 4 aromatic carbocycles. The third-order valence-electron chi connectivity index (χ3n) is 6.11. The van der Waals surface area contributed by atoms with Gasteiger partial charge in [-0.3, -0.25) is 19.2 Å². The lowest BCUT2D eigenvalue weighted by molar-refractivity contribution is 0.0728. The fourth-order valence-electron chi connectivity index (χ4n) is 4.14. The summed E-state index contributed by atoms with van der Waals surface area (Å²) in [7, 11) is 0. The summed E-state index contributed by atoms with van der Waals surface area (Å²) in [6.45, 7) is 0. The fourth-order valence-corrected chi connectivity index (χ4v) is 4.39. The Morgan fingerprint density at radius 2 is 0.703 bits per heavy atom. The molecule has 0 fully saturated rings. The lowest BCUT2D eigenvalue weighted by Crippen LogP contribution is -2.33. The van der Waals surface area contributed by atoms with Crippen LogP contribution in [0.25, 0.3) is 0 Å². The predicted molar refractivity (Wildman–Crippen MR) is 145 cm³/mol. The molecule has 0 saturated heterocycles. The van der Waals surface area contributed by atoms with Gasteiger partial charge < -0.3 is 0 Å². The van der Waals surface area contributed by atoms with Gasteiger partial charge in [0.25, 0.3) is 0 Å². The number of hydrogen-bond donors (Lipinski definition) is 0. The van der Waals surface area contributed by atoms with Crippen LogP contribution in [0.5, 0.6) is 0 Å². The van der Waals surface area contributed by atoms with Crippen LogP contribution in [0.2, 0.25) is 10.0 Å². The van der Waals surface area contributed by atoms with Crippen molar-refractivity contribution in [1.29, 1.82) is 0 Å². The molecular weight excluding hydrogens is 507 g/mol. The summed E-state index contributed by atoms with van der Waals surface area (Å²) in [5.74, 6) is -4.43. The summed E-state index contributed by atoms with van der Waals surface area (Å²) in [5, 5.41) is 0.884. The van der Waals surface area contributed by atoms with Crippen LogP contribution >= 0.6 is 23.2 Å². The van der Waals surface area contributed by atoms with Crippen molar-refractivity contribution in [1.82, 2.24) is 0 Å². The first kappa shape index (κ1) is 26.2. The third kappa shape index (κ3) is 6.29. The number of ketones is 4. The topological polar surface area (TPSA) is 68.3 Å². The molecule has 4 aromatic rings. The summed E-state index contributed by atoms with van der Waals surface area (Å²) in [6.07, 6.45) is -0.287. The van der Waals surface area contributed by atoms with Gasteiger partial charge in [0.2, 0.25) is 0 Å². The SMILES string of the molecule is O=C(c1ccccc1)C(CC(C(=O)c1ccccc1)C(=O)c1ccc(Cl)cc1)C(=O)c1ccc(Cl)cc1. The number of hydrogen-bond acceptors (Lipinski definition) is 4. The highest BCUT2D eigenvalue weighted by Crippen LogP contribution is 2.28. The molecule has 2 unspecified atom stereocenters. The van der Waals surface area contributed by atoms with E-state index in [0.717, 1.165) is 0 Å². The zero-order valence-electron chi connectivity index (χ0n) is 19.6. The second kappa shape index (κ2) is 11.9. The molecule has 0 aromatic heterocycles. The van der Waals surface area contributed by atoms with E-state index in [2.05, 4.69) is 0 Å². The lowest BCUT2D eigenvalue weighted by atomic mass is 9.78. The highest BCUT2D eigenvalue weighted by atomic mass is 35.5. The quantitative estimate of drug-likeness (QED) is 0.158. The predicted octanol–water partition coefficient (Wildman–Crippen LogP) is 7.45. The van der Waals surface area contributed by atoms with Crippen molar-refractivity contribution >= 4 is 46.3 Å². The maximum atomic E-state index is 13.7. The van der Waals surface area contributed by atoms with Crippen molar-refractivity contribution in [3.63, 3.8) is 0 Å². The van der Waals surface area contributed by atoms with E-state index < -0.39 is 35.0 Å². The molecule has 0 saturated carbocycles. The molecule has 0 spiro atoms. The summed E-state index contributed by atoms with van der Waals surface area (Å²) in [4.78, 5) is 54.6. The van der Waals surface area contributed by atoms with Crippen LogP contribution in [0.15, 0.2) is 109 Å². The van der Waals surface area contributed by atoms with Crippen molar-refractivity contribution in [3.05, 3.63) is 141 Å². The molecule has 0 N–H and O–H groups in total. The normalized spacial score (nSPS) is 12.4. The van der Waals surface area contributed by atoms with Gasteiger partial charge in [0.05, 0.1) is 11.8 Å². The van der Waals surface area contributed by atoms with Crippen molar-refractivity contribution in [2.75, 3.05) is 0 Å². The Labute approximate surface area is 224 Å². The van der Waals surface area contributed by atoms with E-state index in [1.165, 1.54) is 24.3 Å². The molecule has 184 valence electrons. The van der Waals surface area contributed by atoms with Crippen molar-refractivity contribution in [3.8, 4) is 0 Å². The molecular formula is C31H22Cl2O4. The smallest absolute Gasteiger partial charge is 0.173 e. The van der Waals surface area contributed by atoms with E-state index in [1.807, 2.05) is 0 Å². The number of benzene rings is 4. The maximum Gasteiger partial charge on any atom is 0.173 e. The van der Waals surface area contributed by atoms with E-state index in [9.17, 15) is 19.2 Å². The Morgan fingerprint density at radius 1 is 0.432 bits per heavy atom. The van der Waals surface area contributed by atoms with Gasteiger partial charge in [0, 0.05) is 32.3 Å². The van der Waals surface area contributed by atoms with E-state index in [1.54, 1.807) is 84.9 Å². The molecule has 0 aliphatic heterocycles. The number of rotatable bonds is 10. The standard InChI is InChI=1S/C31H22Cl2O4/c32-24-15-11-22(12-16-24)30(36)26(28(34)20-7-3-1-4-8-20)19-27(29(35)21-9-5-2-6-10-21)31(37)23-13-17-25(33)18-14-23/h1-18,26-27H,19H2. The fraction of sp³-hybridized carbons (Fsp3) is 0.0968. The van der Waals surface area contributed by atoms with Gasteiger partial charge in [0.15, 0.2) is 23.1 Å². The van der Waals surface area contributed by atoms with Crippen LogP contribution in [0, 0.1) is 11.8 Å². The zero-order valence-corrected chi connectivity index (χ0v) is 21.2. The van der Waals surface area contributed by atoms with Crippen LogP contribution in [-0.2, 0) is 0 Å². The molecule has 6 heteroatoms. The van der Waals surface area contributed by atoms with E-state index in [-0.39, 0.29) is 17.5 Å². The minimum atomic E-state index is -1.27. The summed E-state index contributed by atoms with van der Waals surface area (Å²) >= 11 is 12.0. The summed E-state index contributed by atoms with van der Waals surface area (Å²) in [6, 6.07) is 29.1. The zero-order chi connectivity index (χ0) is 26.4. The number of Topliss-reactive ketones (excluding diaryl/α,β-unsaturated/α-hetero) is 4. The van der Waals surface area contributed by atoms with Crippen LogP contribution in [0.3, 0.4) is 0 Å². The first-order valence-electron chi connectivity index (χ1n) is 11.6. The van der Waals surface area contributed by atoms with Gasteiger partial charge in [-0.25, -0.2) is 0 Å². The first-order valence-corrected chi connectivity index (χ1v) is 12.4. The average molecular weight is 529 g/mol. The number of carbonyl (C=O) groups is 4. The molecule has 0 heterocycles. The van der Waals surface area contributed by atoms with E-state index in [0.29, 0.717) is 21.2 Å². The second-order valence-electron chi connectivity index (χ2n) is 8.54. The van der Waals surface area contributed by atoms with E-state index >= 15 is 0 Å². The second-order valence-corrected chi connectivity index (χ2v) is 9.42. The highest BCUT2D eigenvalue weighted by Gasteiger charge is 2.37. The molecule has 0 aliphatic carbocycles. The van der Waals surface area contributed by atoms with Gasteiger partial charge in [-0.05, 0) is 55.0 Å². The largest absolute Gasteiger partial charge is 0.293 e. The monoisotopic (exact) mass is 528 g/mol. The van der Waals surface area contributed by atoms with E-state index in [4.69, 9.17) is 23.2 Å². The van der Waals surface area contributed by atoms with Crippen molar-refractivity contribution in [2.45, 2.75) is 6.42 Å². The molecule has 37 heavy (non-hydrogen) atoms. The molecule has 4 nitrogen and oxygen atoms in total. The Morgan fingerprint density at radius 3 is 1.00 bits per heavy atom. The Bertz CT molecular complexity index is 1300. The van der Waals surface area contributed by atoms with Crippen LogP contribution in [0.4, 0.5) is 0 Å². The molecule has 0 radical (unpaired) electrons. The molecule has 0 aliphatic rings. The lowest BCUT2D eigenvalue weighted by Gasteiger charge is -2.21. The summed E-state index contributed by atoms with van der Waals surface area (Å²) < 4.78 is 0. The number of halogens is 2. The summed E-state index contributed by atoms with van der Waals surface area (Å²) in [5.41, 5.74) is 1.17. The van der Waals surface area contributed by atoms with Gasteiger partial charge >= 0.3 is 0 Å². The third-order valence-corrected chi connectivity index (χ3v) is 6.62. The van der Waals surface area contributed by atoms with Crippen LogP contribution in [-0.4, -0.2) is 23.1 Å². The maximum absolute atomic E-state index is 13.7. The van der Waals surface area contributed by atoms with Crippen molar-refractivity contribution < 1.29 is 19.2 Å². The average Bonchev–Trinajstić information content (AvgIpc) is 2.94. The number of carbonyl (C=O) groups excluding carboxylic acids is 4. The van der Waals surface area contributed by atoms with Crippen LogP contribution in [0.1, 0.15) is 47.9 Å². The Balaban J connectivity index is 1.78. The van der Waals surface area contributed by atoms with Gasteiger partial charge in [0.1, 0.15) is 0 Å². The molecule has 4 rings (SSSR count). The Hall–Kier alpha value is -3.86. The molecule has 0 amide bonds. The Kier molecular flexibility index (Phi) is 8.44. The van der Waals surface area contributed by atoms with Gasteiger partial charge in [-0.1, -0.05) is 83.9 Å². The van der Waals surface area contributed by atoms with Crippen molar-refractivity contribution in [2.24, 2.45) is 11.8 Å².